The number of nitrogens with one attached hydrogen (secondary N) is 1. The summed E-state index contributed by atoms with van der Waals surface area (Å²) < 4.78 is 30.8. The van der Waals surface area contributed by atoms with Crippen LogP contribution in [0.1, 0.15) is 47.9 Å². The Morgan fingerprint density at radius 1 is 1.00 bits per heavy atom. The molecule has 214 valence electrons. The molecular weight excluding hydrogens is 534 g/mol. The van der Waals surface area contributed by atoms with Gasteiger partial charge in [0.25, 0.3) is 5.91 Å². The predicted octanol–water partition coefficient (Wildman–Crippen LogP) is 4.06. The molecule has 0 fully saturated rings. The van der Waals surface area contributed by atoms with Crippen molar-refractivity contribution in [2.24, 2.45) is 0 Å². The van der Waals surface area contributed by atoms with Crippen LogP contribution in [-0.2, 0) is 16.4 Å². The number of hydrogen-bond acceptors (Lipinski definition) is 7. The molecule has 2 amide bonds. The molecular formula is C29H35N3O7S. The van der Waals surface area contributed by atoms with Crippen LogP contribution in [0.15, 0.2) is 66.7 Å². The molecule has 0 saturated heterocycles. The fraction of sp³-hybridized carbons (Fsp3) is 0.310. The summed E-state index contributed by atoms with van der Waals surface area (Å²) >= 11 is 0. The number of ether oxygens (including phenoxy) is 1. The topological polar surface area (TPSA) is 159 Å². The molecule has 5 N–H and O–H groups in total. The van der Waals surface area contributed by atoms with Gasteiger partial charge in [-0.25, -0.2) is 17.9 Å². The lowest BCUT2D eigenvalue weighted by molar-refractivity contribution is 0.0962. The highest BCUT2D eigenvalue weighted by Gasteiger charge is 2.19. The first-order chi connectivity index (χ1) is 18.8. The highest BCUT2D eigenvalue weighted by molar-refractivity contribution is 7.89. The van der Waals surface area contributed by atoms with Crippen LogP contribution in [0.4, 0.5) is 10.5 Å². The van der Waals surface area contributed by atoms with Crippen LogP contribution in [0.5, 0.6) is 5.75 Å². The SMILES string of the molecule is CC(C)Oc1cc(-c2ccc(CCCN(C[C@@H](O)c3ccc(N)cc3)C(=O)O)cc2)ccc1C(=O)NS(C)(=O)=O. The second-order valence-corrected chi connectivity index (χ2v) is 11.5. The summed E-state index contributed by atoms with van der Waals surface area (Å²) in [4.78, 5) is 25.4. The maximum absolute atomic E-state index is 12.5. The van der Waals surface area contributed by atoms with E-state index in [1.807, 2.05) is 42.8 Å². The first kappa shape index (κ1) is 30.5. The number of aliphatic hydroxyl groups excluding tert-OH is 1. The highest BCUT2D eigenvalue weighted by atomic mass is 32.2. The van der Waals surface area contributed by atoms with E-state index in [0.717, 1.165) is 22.9 Å². The average Bonchev–Trinajstić information content (AvgIpc) is 2.87. The molecule has 0 radical (unpaired) electrons. The van der Waals surface area contributed by atoms with E-state index >= 15 is 0 Å². The van der Waals surface area contributed by atoms with Crippen molar-refractivity contribution in [3.8, 4) is 16.9 Å². The smallest absolute Gasteiger partial charge is 0.407 e. The summed E-state index contributed by atoms with van der Waals surface area (Å²) in [7, 11) is -3.73. The number of sulfonamides is 1. The minimum atomic E-state index is -3.73. The molecule has 3 aromatic carbocycles. The van der Waals surface area contributed by atoms with Crippen molar-refractivity contribution in [2.45, 2.75) is 38.9 Å². The molecule has 0 aliphatic carbocycles. The quantitative estimate of drug-likeness (QED) is 0.238. The van der Waals surface area contributed by atoms with Crippen LogP contribution in [0.2, 0.25) is 0 Å². The number of anilines is 1. The van der Waals surface area contributed by atoms with Crippen LogP contribution in [-0.4, -0.2) is 61.0 Å². The average molecular weight is 570 g/mol. The Bertz CT molecular complexity index is 1420. The highest BCUT2D eigenvalue weighted by Crippen LogP contribution is 2.29. The van der Waals surface area contributed by atoms with E-state index in [9.17, 15) is 28.2 Å². The van der Waals surface area contributed by atoms with Gasteiger partial charge in [-0.05, 0) is 73.2 Å². The van der Waals surface area contributed by atoms with Gasteiger partial charge in [-0.2, -0.15) is 0 Å². The second kappa shape index (κ2) is 13.3. The van der Waals surface area contributed by atoms with Gasteiger partial charge in [0.1, 0.15) is 5.75 Å². The Kier molecular flexibility index (Phi) is 10.1. The van der Waals surface area contributed by atoms with Gasteiger partial charge < -0.3 is 25.6 Å². The Morgan fingerprint density at radius 3 is 2.20 bits per heavy atom. The van der Waals surface area contributed by atoms with Crippen LogP contribution >= 0.6 is 0 Å². The third-order valence-corrected chi connectivity index (χ3v) is 6.59. The predicted molar refractivity (Wildman–Crippen MR) is 154 cm³/mol. The van der Waals surface area contributed by atoms with E-state index in [0.29, 0.717) is 24.1 Å². The Morgan fingerprint density at radius 2 is 1.62 bits per heavy atom. The lowest BCUT2D eigenvalue weighted by Crippen LogP contribution is -2.34. The van der Waals surface area contributed by atoms with Crippen molar-refractivity contribution < 1.29 is 33.0 Å². The number of hydrogen-bond donors (Lipinski definition) is 4. The Labute approximate surface area is 234 Å². The summed E-state index contributed by atoms with van der Waals surface area (Å²) in [5.74, 6) is -0.496. The Hall–Kier alpha value is -4.09. The molecule has 3 aromatic rings. The van der Waals surface area contributed by atoms with Crippen molar-refractivity contribution in [3.05, 3.63) is 83.4 Å². The molecule has 40 heavy (non-hydrogen) atoms. The number of carboxylic acid groups (broad SMARTS) is 1. The van der Waals surface area contributed by atoms with E-state index < -0.39 is 28.1 Å². The summed E-state index contributed by atoms with van der Waals surface area (Å²) in [5, 5.41) is 20.0. The summed E-state index contributed by atoms with van der Waals surface area (Å²) in [6.07, 6.45) is -0.179. The van der Waals surface area contributed by atoms with Gasteiger partial charge in [0.15, 0.2) is 0 Å². The first-order valence-electron chi connectivity index (χ1n) is 12.8. The van der Waals surface area contributed by atoms with Gasteiger partial charge in [-0.1, -0.05) is 42.5 Å². The molecule has 0 aliphatic heterocycles. The number of carbonyl (C=O) groups excluding carboxylic acids is 1. The molecule has 0 saturated carbocycles. The van der Waals surface area contributed by atoms with Gasteiger partial charge in [-0.15, -0.1) is 0 Å². The number of amides is 2. The standard InChI is InChI=1S/C29H35N3O7S/c1-19(2)39-27-17-23(12-15-25(27)28(34)31-40(3,37)38)21-8-6-20(7-9-21)5-4-16-32(29(35)36)18-26(33)22-10-13-24(30)14-11-22/h6-15,17,19,26,33H,4-5,16,18,30H2,1-3H3,(H,31,34)(H,35,36)/t26-/m1/s1. The van der Waals surface area contributed by atoms with E-state index in [4.69, 9.17) is 10.5 Å². The molecule has 0 heterocycles. The zero-order valence-corrected chi connectivity index (χ0v) is 23.5. The molecule has 3 rings (SSSR count). The van der Waals surface area contributed by atoms with Crippen LogP contribution in [0.3, 0.4) is 0 Å². The number of rotatable bonds is 12. The van der Waals surface area contributed by atoms with Gasteiger partial charge in [0.05, 0.1) is 30.6 Å². The van der Waals surface area contributed by atoms with E-state index in [2.05, 4.69) is 0 Å². The van der Waals surface area contributed by atoms with Gasteiger partial charge in [0, 0.05) is 12.2 Å². The minimum absolute atomic E-state index is 0.0445. The maximum Gasteiger partial charge on any atom is 0.407 e. The van der Waals surface area contributed by atoms with Crippen molar-refractivity contribution in [1.29, 1.82) is 0 Å². The lowest BCUT2D eigenvalue weighted by atomic mass is 10.00. The monoisotopic (exact) mass is 569 g/mol. The van der Waals surface area contributed by atoms with E-state index in [-0.39, 0.29) is 30.5 Å². The van der Waals surface area contributed by atoms with E-state index in [1.165, 1.54) is 11.0 Å². The molecule has 11 heteroatoms. The first-order valence-corrected chi connectivity index (χ1v) is 14.6. The Balaban J connectivity index is 1.65. The maximum atomic E-state index is 12.5. The third kappa shape index (κ3) is 8.99. The number of carbonyl (C=O) groups is 2. The van der Waals surface area contributed by atoms with Crippen molar-refractivity contribution in [3.63, 3.8) is 0 Å². The van der Waals surface area contributed by atoms with Gasteiger partial charge in [0.2, 0.25) is 10.0 Å². The van der Waals surface area contributed by atoms with Crippen molar-refractivity contribution in [2.75, 3.05) is 25.1 Å². The fourth-order valence-electron chi connectivity index (χ4n) is 4.10. The molecule has 0 bridgehead atoms. The summed E-state index contributed by atoms with van der Waals surface area (Å²) in [5.41, 5.74) is 9.61. The lowest BCUT2D eigenvalue weighted by Gasteiger charge is -2.22. The van der Waals surface area contributed by atoms with E-state index in [1.54, 1.807) is 36.4 Å². The number of benzene rings is 3. The van der Waals surface area contributed by atoms with Crippen LogP contribution < -0.4 is 15.2 Å². The van der Waals surface area contributed by atoms with Crippen molar-refractivity contribution >= 4 is 27.7 Å². The molecule has 0 unspecified atom stereocenters. The molecule has 0 aromatic heterocycles. The minimum Gasteiger partial charge on any atom is -0.490 e. The number of nitrogens with two attached hydrogens (primary N) is 1. The van der Waals surface area contributed by atoms with Crippen molar-refractivity contribution in [1.82, 2.24) is 9.62 Å². The molecule has 10 nitrogen and oxygen atoms in total. The fourth-order valence-corrected chi connectivity index (χ4v) is 4.55. The number of aryl methyl sites for hydroxylation is 1. The molecule has 1 atom stereocenters. The number of nitrogen functional groups attached to an aromatic ring is 1. The summed E-state index contributed by atoms with van der Waals surface area (Å²) in [6.45, 7) is 3.83. The normalized spacial score (nSPS) is 12.1. The van der Waals surface area contributed by atoms with Gasteiger partial charge >= 0.3 is 6.09 Å². The zero-order chi connectivity index (χ0) is 29.4. The summed E-state index contributed by atoms with van der Waals surface area (Å²) in [6, 6.07) is 19.3. The second-order valence-electron chi connectivity index (χ2n) is 9.79. The third-order valence-electron chi connectivity index (χ3n) is 6.03. The molecule has 0 spiro atoms. The molecule has 0 aliphatic rings. The number of aliphatic hydroxyl groups is 1. The van der Waals surface area contributed by atoms with Gasteiger partial charge in [-0.3, -0.25) is 4.79 Å². The van der Waals surface area contributed by atoms with Crippen LogP contribution in [0.25, 0.3) is 11.1 Å². The van der Waals surface area contributed by atoms with Crippen LogP contribution in [0, 0.1) is 0 Å². The zero-order valence-electron chi connectivity index (χ0n) is 22.7. The number of nitrogens with zero attached hydrogens (tertiary/aromatic N) is 1. The largest absolute Gasteiger partial charge is 0.490 e.